The lowest BCUT2D eigenvalue weighted by atomic mass is 9.84. The largest absolute Gasteiger partial charge is 0.303 e. The van der Waals surface area contributed by atoms with E-state index in [1.807, 2.05) is 0 Å². The Morgan fingerprint density at radius 3 is 2.58 bits per heavy atom. The average Bonchev–Trinajstić information content (AvgIpc) is 1.82. The molecule has 0 spiro atoms. The third-order valence-corrected chi connectivity index (χ3v) is 2.40. The Morgan fingerprint density at radius 2 is 2.08 bits per heavy atom. The minimum Gasteiger partial charge on any atom is -0.303 e. The number of rotatable bonds is 2. The summed E-state index contributed by atoms with van der Waals surface area (Å²) in [5.74, 6) is 0.805. The summed E-state index contributed by atoms with van der Waals surface area (Å²) in [5, 5.41) is 0. The SMILES string of the molecule is CC(C)CN1CC[CH]C(C)(C)C1. The van der Waals surface area contributed by atoms with Crippen molar-refractivity contribution in [2.75, 3.05) is 19.6 Å². The van der Waals surface area contributed by atoms with Gasteiger partial charge in [-0.3, -0.25) is 0 Å². The van der Waals surface area contributed by atoms with Crippen molar-refractivity contribution in [1.29, 1.82) is 0 Å². The highest BCUT2D eigenvalue weighted by Gasteiger charge is 2.26. The molecule has 0 atom stereocenters. The van der Waals surface area contributed by atoms with E-state index in [2.05, 4.69) is 39.0 Å². The van der Waals surface area contributed by atoms with Crippen molar-refractivity contribution in [1.82, 2.24) is 4.90 Å². The molecule has 0 aliphatic carbocycles. The maximum Gasteiger partial charge on any atom is 0.00356 e. The van der Waals surface area contributed by atoms with Crippen LogP contribution in [0, 0.1) is 17.8 Å². The van der Waals surface area contributed by atoms with Gasteiger partial charge in [-0.05, 0) is 30.7 Å². The number of hydrogen-bond acceptors (Lipinski definition) is 1. The second kappa shape index (κ2) is 3.78. The van der Waals surface area contributed by atoms with E-state index < -0.39 is 0 Å². The molecular weight excluding hydrogens is 146 g/mol. The molecule has 1 aliphatic rings. The Morgan fingerprint density at radius 1 is 1.42 bits per heavy atom. The molecule has 1 radical (unpaired) electrons. The molecule has 1 heteroatoms. The van der Waals surface area contributed by atoms with Gasteiger partial charge in [0.15, 0.2) is 0 Å². The molecule has 71 valence electrons. The van der Waals surface area contributed by atoms with Gasteiger partial charge < -0.3 is 4.90 Å². The van der Waals surface area contributed by atoms with Crippen LogP contribution >= 0.6 is 0 Å². The van der Waals surface area contributed by atoms with Crippen molar-refractivity contribution in [2.45, 2.75) is 34.1 Å². The molecule has 0 bridgehead atoms. The van der Waals surface area contributed by atoms with Crippen molar-refractivity contribution in [3.05, 3.63) is 6.42 Å². The number of piperidine rings is 1. The summed E-state index contributed by atoms with van der Waals surface area (Å²) < 4.78 is 0. The third kappa shape index (κ3) is 3.14. The predicted octanol–water partition coefficient (Wildman–Crippen LogP) is 2.58. The third-order valence-electron chi connectivity index (χ3n) is 2.40. The Balaban J connectivity index is 2.36. The van der Waals surface area contributed by atoms with Crippen LogP contribution in [-0.4, -0.2) is 24.5 Å². The molecule has 1 rings (SSSR count). The lowest BCUT2D eigenvalue weighted by Crippen LogP contribution is -2.42. The first-order valence-electron chi connectivity index (χ1n) is 5.06. The maximum atomic E-state index is 2.59. The van der Waals surface area contributed by atoms with Crippen molar-refractivity contribution in [2.24, 2.45) is 11.3 Å². The molecule has 0 aromatic rings. The summed E-state index contributed by atoms with van der Waals surface area (Å²) in [6.07, 6.45) is 3.73. The predicted molar refractivity (Wildman–Crippen MR) is 54.0 cm³/mol. The number of hydrogen-bond donors (Lipinski definition) is 0. The Bertz CT molecular complexity index is 138. The van der Waals surface area contributed by atoms with Crippen LogP contribution in [0.4, 0.5) is 0 Å². The van der Waals surface area contributed by atoms with Gasteiger partial charge in [-0.15, -0.1) is 0 Å². The van der Waals surface area contributed by atoms with E-state index in [1.165, 1.54) is 26.1 Å². The minimum absolute atomic E-state index is 0.438. The second-order valence-corrected chi connectivity index (χ2v) is 5.11. The highest BCUT2D eigenvalue weighted by molar-refractivity contribution is 4.92. The lowest BCUT2D eigenvalue weighted by Gasteiger charge is -2.38. The lowest BCUT2D eigenvalue weighted by molar-refractivity contribution is 0.147. The topological polar surface area (TPSA) is 3.24 Å². The molecule has 0 unspecified atom stereocenters. The molecule has 0 aromatic heterocycles. The van der Waals surface area contributed by atoms with Gasteiger partial charge in [0.1, 0.15) is 0 Å². The van der Waals surface area contributed by atoms with Gasteiger partial charge in [0.25, 0.3) is 0 Å². The molecule has 1 saturated heterocycles. The van der Waals surface area contributed by atoms with Crippen LogP contribution in [0.25, 0.3) is 0 Å². The molecule has 0 N–H and O–H groups in total. The standard InChI is InChI=1S/C11H22N/c1-10(2)8-12-7-5-6-11(3,4)9-12/h6,10H,5,7-9H2,1-4H3. The quantitative estimate of drug-likeness (QED) is 0.612. The molecule has 1 fully saturated rings. The Kier molecular flexibility index (Phi) is 3.16. The molecule has 0 amide bonds. The minimum atomic E-state index is 0.438. The van der Waals surface area contributed by atoms with Crippen LogP contribution in [0.2, 0.25) is 0 Å². The Labute approximate surface area is 77.1 Å². The zero-order valence-corrected chi connectivity index (χ0v) is 8.93. The van der Waals surface area contributed by atoms with Gasteiger partial charge in [-0.1, -0.05) is 27.7 Å². The zero-order valence-electron chi connectivity index (χ0n) is 8.93. The maximum absolute atomic E-state index is 2.59. The Hall–Kier alpha value is -0.0400. The molecular formula is C11H22N. The summed E-state index contributed by atoms with van der Waals surface area (Å²) in [5.41, 5.74) is 0.438. The molecule has 12 heavy (non-hydrogen) atoms. The van der Waals surface area contributed by atoms with Gasteiger partial charge >= 0.3 is 0 Å². The number of likely N-dealkylation sites (tertiary alicyclic amines) is 1. The van der Waals surface area contributed by atoms with Crippen molar-refractivity contribution < 1.29 is 0 Å². The van der Waals surface area contributed by atoms with E-state index in [9.17, 15) is 0 Å². The van der Waals surface area contributed by atoms with Crippen LogP contribution in [0.3, 0.4) is 0 Å². The number of nitrogens with zero attached hydrogens (tertiary/aromatic N) is 1. The van der Waals surface area contributed by atoms with Crippen LogP contribution in [0.1, 0.15) is 34.1 Å². The van der Waals surface area contributed by atoms with Crippen LogP contribution in [-0.2, 0) is 0 Å². The summed E-state index contributed by atoms with van der Waals surface area (Å²) in [4.78, 5) is 2.59. The van der Waals surface area contributed by atoms with Crippen LogP contribution in [0.15, 0.2) is 0 Å². The van der Waals surface area contributed by atoms with Gasteiger partial charge in [0, 0.05) is 13.1 Å². The first-order valence-corrected chi connectivity index (χ1v) is 5.06. The van der Waals surface area contributed by atoms with E-state index in [4.69, 9.17) is 0 Å². The molecule has 0 saturated carbocycles. The molecule has 0 aromatic carbocycles. The summed E-state index contributed by atoms with van der Waals surface area (Å²) in [6.45, 7) is 13.0. The van der Waals surface area contributed by atoms with Gasteiger partial charge in [0.05, 0.1) is 0 Å². The van der Waals surface area contributed by atoms with Gasteiger partial charge in [-0.2, -0.15) is 0 Å². The highest BCUT2D eigenvalue weighted by Crippen LogP contribution is 2.27. The van der Waals surface area contributed by atoms with Crippen LogP contribution in [0.5, 0.6) is 0 Å². The molecule has 1 nitrogen and oxygen atoms in total. The van der Waals surface area contributed by atoms with E-state index >= 15 is 0 Å². The van der Waals surface area contributed by atoms with Crippen molar-refractivity contribution in [3.63, 3.8) is 0 Å². The molecule has 1 heterocycles. The smallest absolute Gasteiger partial charge is 0.00356 e. The van der Waals surface area contributed by atoms with E-state index in [-0.39, 0.29) is 0 Å². The normalized spacial score (nSPS) is 24.8. The fourth-order valence-electron chi connectivity index (χ4n) is 2.03. The first kappa shape index (κ1) is 10.0. The van der Waals surface area contributed by atoms with E-state index in [1.54, 1.807) is 0 Å². The highest BCUT2D eigenvalue weighted by atomic mass is 15.1. The van der Waals surface area contributed by atoms with Crippen molar-refractivity contribution >= 4 is 0 Å². The zero-order chi connectivity index (χ0) is 9.19. The van der Waals surface area contributed by atoms with Crippen LogP contribution < -0.4 is 0 Å². The average molecular weight is 168 g/mol. The summed E-state index contributed by atoms with van der Waals surface area (Å²) >= 11 is 0. The summed E-state index contributed by atoms with van der Waals surface area (Å²) in [7, 11) is 0. The monoisotopic (exact) mass is 168 g/mol. The van der Waals surface area contributed by atoms with Gasteiger partial charge in [0.2, 0.25) is 0 Å². The fourth-order valence-corrected chi connectivity index (χ4v) is 2.03. The van der Waals surface area contributed by atoms with E-state index in [0.29, 0.717) is 5.41 Å². The van der Waals surface area contributed by atoms with E-state index in [0.717, 1.165) is 5.92 Å². The fraction of sp³-hybridized carbons (Fsp3) is 0.909. The first-order chi connectivity index (χ1) is 5.49. The summed E-state index contributed by atoms with van der Waals surface area (Å²) in [6, 6.07) is 0. The second-order valence-electron chi connectivity index (χ2n) is 5.11. The van der Waals surface area contributed by atoms with Crippen molar-refractivity contribution in [3.8, 4) is 0 Å². The van der Waals surface area contributed by atoms with Gasteiger partial charge in [-0.25, -0.2) is 0 Å². The molecule has 1 aliphatic heterocycles.